The third kappa shape index (κ3) is 3.10. The standard InChI is InChI=1S/C14H22NO2P/c1-12(2)15-10-9-13(3)17-18(15,16)11-14-7-5-4-6-8-14/h4-8,12-13H,9-11H2,1-3H3/t13-,18?/m0/s1. The van der Waals surface area contributed by atoms with E-state index in [-0.39, 0.29) is 12.1 Å². The molecule has 18 heavy (non-hydrogen) atoms. The Balaban J connectivity index is 2.19. The molecular formula is C14H22NO2P. The molecule has 0 spiro atoms. The van der Waals surface area contributed by atoms with Crippen molar-refractivity contribution in [3.63, 3.8) is 0 Å². The monoisotopic (exact) mass is 267 g/mol. The highest BCUT2D eigenvalue weighted by atomic mass is 31.2. The van der Waals surface area contributed by atoms with Crippen LogP contribution in [0, 0.1) is 0 Å². The first-order valence-electron chi connectivity index (χ1n) is 6.60. The van der Waals surface area contributed by atoms with Crippen molar-refractivity contribution in [1.29, 1.82) is 0 Å². The van der Waals surface area contributed by atoms with Gasteiger partial charge in [-0.2, -0.15) is 4.67 Å². The van der Waals surface area contributed by atoms with Gasteiger partial charge in [0.1, 0.15) is 12.3 Å². The van der Waals surface area contributed by atoms with Crippen LogP contribution in [0.1, 0.15) is 32.8 Å². The fraction of sp³-hybridized carbons (Fsp3) is 0.571. The van der Waals surface area contributed by atoms with Gasteiger partial charge < -0.3 is 4.89 Å². The lowest BCUT2D eigenvalue weighted by Crippen LogP contribution is -2.44. The highest BCUT2D eigenvalue weighted by Crippen LogP contribution is 2.61. The van der Waals surface area contributed by atoms with Gasteiger partial charge >= 0.3 is 0 Å². The molecular weight excluding hydrogens is 245 g/mol. The summed E-state index contributed by atoms with van der Waals surface area (Å²) in [5.41, 5.74) is 1.08. The lowest BCUT2D eigenvalue weighted by molar-refractivity contribution is -0.218. The molecule has 0 radical (unpaired) electrons. The van der Waals surface area contributed by atoms with Crippen LogP contribution in [-0.4, -0.2) is 23.4 Å². The van der Waals surface area contributed by atoms with Crippen molar-refractivity contribution < 1.29 is 9.42 Å². The Morgan fingerprint density at radius 2 is 2.06 bits per heavy atom. The van der Waals surface area contributed by atoms with Gasteiger partial charge in [0.15, 0.2) is 7.87 Å². The average molecular weight is 267 g/mol. The van der Waals surface area contributed by atoms with Crippen LogP contribution in [0.3, 0.4) is 0 Å². The molecule has 1 saturated heterocycles. The smallest absolute Gasteiger partial charge is 0.178 e. The van der Waals surface area contributed by atoms with E-state index in [0.29, 0.717) is 6.16 Å². The summed E-state index contributed by atoms with van der Waals surface area (Å²) in [5, 5.41) is 0. The second-order valence-electron chi connectivity index (χ2n) is 5.24. The molecule has 1 aromatic rings. The van der Waals surface area contributed by atoms with Gasteiger partial charge in [-0.1, -0.05) is 30.3 Å². The molecule has 0 N–H and O–H groups in total. The summed E-state index contributed by atoms with van der Waals surface area (Å²) in [6.45, 7) is 7.03. The molecule has 3 nitrogen and oxygen atoms in total. The van der Waals surface area contributed by atoms with Crippen molar-refractivity contribution in [2.45, 2.75) is 45.5 Å². The van der Waals surface area contributed by atoms with E-state index in [0.717, 1.165) is 18.5 Å². The topological polar surface area (TPSA) is 35.5 Å². The van der Waals surface area contributed by atoms with Gasteiger partial charge in [0.05, 0.1) is 0 Å². The zero-order chi connectivity index (χ0) is 13.2. The number of nitrogens with zero attached hydrogens (tertiary/aromatic N) is 1. The molecule has 2 atom stereocenters. The Morgan fingerprint density at radius 1 is 1.39 bits per heavy atom. The van der Waals surface area contributed by atoms with Crippen LogP contribution in [-0.2, 0) is 10.7 Å². The van der Waals surface area contributed by atoms with E-state index < -0.39 is 7.87 Å². The first kappa shape index (κ1) is 14.0. The first-order valence-corrected chi connectivity index (χ1v) is 8.36. The van der Waals surface area contributed by atoms with Crippen LogP contribution in [0.25, 0.3) is 0 Å². The van der Waals surface area contributed by atoms with Gasteiger partial charge in [-0.3, -0.25) is 0 Å². The van der Waals surface area contributed by atoms with E-state index >= 15 is 0 Å². The quantitative estimate of drug-likeness (QED) is 0.790. The summed E-state index contributed by atoms with van der Waals surface area (Å²) in [7, 11) is -2.72. The van der Waals surface area contributed by atoms with Crippen molar-refractivity contribution in [3.8, 4) is 0 Å². The van der Waals surface area contributed by atoms with Crippen LogP contribution in [0.5, 0.6) is 0 Å². The third-order valence-corrected chi connectivity index (χ3v) is 6.22. The van der Waals surface area contributed by atoms with Crippen LogP contribution in [0.15, 0.2) is 30.3 Å². The van der Waals surface area contributed by atoms with E-state index in [1.54, 1.807) is 0 Å². The predicted molar refractivity (Wildman–Crippen MR) is 74.1 cm³/mol. The van der Waals surface area contributed by atoms with Gasteiger partial charge in [0.2, 0.25) is 0 Å². The van der Waals surface area contributed by atoms with Crippen LogP contribution < -0.4 is 4.89 Å². The minimum atomic E-state index is -2.72. The molecule has 100 valence electrons. The molecule has 1 aromatic carbocycles. The van der Waals surface area contributed by atoms with E-state index in [4.69, 9.17) is 4.52 Å². The van der Waals surface area contributed by atoms with Gasteiger partial charge in [0.25, 0.3) is 0 Å². The molecule has 0 saturated carbocycles. The summed E-state index contributed by atoms with van der Waals surface area (Å²) in [4.78, 5) is 13.1. The molecule has 1 unspecified atom stereocenters. The van der Waals surface area contributed by atoms with Gasteiger partial charge in [-0.15, -0.1) is 0 Å². The number of rotatable bonds is 3. The summed E-state index contributed by atoms with van der Waals surface area (Å²) < 4.78 is 7.87. The molecule has 2 rings (SSSR count). The summed E-state index contributed by atoms with van der Waals surface area (Å²) in [6.07, 6.45) is 1.56. The first-order chi connectivity index (χ1) is 8.51. The fourth-order valence-corrected chi connectivity index (χ4v) is 5.25. The molecule has 0 bridgehead atoms. The van der Waals surface area contributed by atoms with Crippen molar-refractivity contribution in [2.24, 2.45) is 0 Å². The molecule has 4 heteroatoms. The maximum absolute atomic E-state index is 13.1. The van der Waals surface area contributed by atoms with E-state index in [9.17, 15) is 4.89 Å². The molecule has 1 heterocycles. The third-order valence-electron chi connectivity index (χ3n) is 3.32. The lowest BCUT2D eigenvalue weighted by Gasteiger charge is -2.45. The van der Waals surface area contributed by atoms with Crippen LogP contribution in [0.2, 0.25) is 0 Å². The SMILES string of the molecule is CC(C)N1CC[C@H](C)O[P+]1([O-])Cc1ccccc1. The highest BCUT2D eigenvalue weighted by molar-refractivity contribution is 7.61. The second-order valence-corrected chi connectivity index (χ2v) is 7.56. The minimum absolute atomic E-state index is 0.0922. The summed E-state index contributed by atoms with van der Waals surface area (Å²) >= 11 is 0. The second kappa shape index (κ2) is 5.66. The average Bonchev–Trinajstić information content (AvgIpc) is 2.28. The fourth-order valence-electron chi connectivity index (χ4n) is 2.41. The summed E-state index contributed by atoms with van der Waals surface area (Å²) in [6, 6.07) is 10.2. The molecule has 1 aliphatic rings. The summed E-state index contributed by atoms with van der Waals surface area (Å²) in [5.74, 6) is 0. The zero-order valence-corrected chi connectivity index (χ0v) is 12.3. The predicted octanol–water partition coefficient (Wildman–Crippen LogP) is 2.83. The Labute approximate surface area is 110 Å². The molecule has 0 aromatic heterocycles. The van der Waals surface area contributed by atoms with Gasteiger partial charge in [-0.25, -0.2) is 4.52 Å². The highest BCUT2D eigenvalue weighted by Gasteiger charge is 2.43. The largest absolute Gasteiger partial charge is 0.641 e. The molecule has 1 aliphatic heterocycles. The Kier molecular flexibility index (Phi) is 4.39. The molecule has 0 amide bonds. The van der Waals surface area contributed by atoms with E-state index in [2.05, 4.69) is 13.8 Å². The normalized spacial score (nSPS) is 29.7. The maximum Gasteiger partial charge on any atom is 0.178 e. The minimum Gasteiger partial charge on any atom is -0.641 e. The van der Waals surface area contributed by atoms with Gasteiger partial charge in [0, 0.05) is 12.6 Å². The number of hydrogen-bond acceptors (Lipinski definition) is 3. The van der Waals surface area contributed by atoms with Crippen molar-refractivity contribution in [1.82, 2.24) is 4.67 Å². The lowest BCUT2D eigenvalue weighted by atomic mass is 10.2. The van der Waals surface area contributed by atoms with Gasteiger partial charge in [-0.05, 0) is 32.8 Å². The Morgan fingerprint density at radius 3 is 2.67 bits per heavy atom. The van der Waals surface area contributed by atoms with Crippen LogP contribution in [0.4, 0.5) is 0 Å². The van der Waals surface area contributed by atoms with Crippen molar-refractivity contribution >= 4 is 7.87 Å². The van der Waals surface area contributed by atoms with E-state index in [1.807, 2.05) is 41.9 Å². The van der Waals surface area contributed by atoms with Crippen LogP contribution >= 0.6 is 7.87 Å². The number of hydrogen-bond donors (Lipinski definition) is 0. The number of benzene rings is 1. The Bertz CT molecular complexity index is 385. The van der Waals surface area contributed by atoms with Crippen molar-refractivity contribution in [2.75, 3.05) is 6.54 Å². The van der Waals surface area contributed by atoms with Crippen molar-refractivity contribution in [3.05, 3.63) is 35.9 Å². The van der Waals surface area contributed by atoms with E-state index in [1.165, 1.54) is 0 Å². The maximum atomic E-state index is 13.1. The molecule has 1 fully saturated rings. The zero-order valence-electron chi connectivity index (χ0n) is 11.4. The Hall–Kier alpha value is -0.470. The molecule has 0 aliphatic carbocycles.